The molecular formula is C25H23FN2O4. The molecule has 0 bridgehead atoms. The standard InChI is InChI=1S/C25H23FN2O4/c1-4-21(32-19-11-9-18(26)10-12-19)23(29)22-16(3)20(13-27)24(30)28(25(22)31)14-17-7-5-15(2)6-8-17/h5-12,21,31H,4,14H2,1-3H3. The van der Waals surface area contributed by atoms with Gasteiger partial charge in [-0.1, -0.05) is 36.8 Å². The Morgan fingerprint density at radius 1 is 1.16 bits per heavy atom. The van der Waals surface area contributed by atoms with E-state index in [1.165, 1.54) is 31.2 Å². The number of Topliss-reactive ketones (excluding diaryl/α,β-unsaturated/α-hetero) is 1. The average Bonchev–Trinajstić information content (AvgIpc) is 2.77. The number of carbonyl (C=O) groups excluding carboxylic acids is 1. The third kappa shape index (κ3) is 4.54. The van der Waals surface area contributed by atoms with E-state index in [2.05, 4.69) is 0 Å². The molecule has 7 heteroatoms. The number of carbonyl (C=O) groups is 1. The number of hydrogen-bond acceptors (Lipinski definition) is 5. The van der Waals surface area contributed by atoms with E-state index in [1.54, 1.807) is 19.1 Å². The number of aryl methyl sites for hydroxylation is 1. The normalized spacial score (nSPS) is 11.6. The minimum atomic E-state index is -0.998. The lowest BCUT2D eigenvalue weighted by atomic mass is 9.97. The van der Waals surface area contributed by atoms with E-state index in [9.17, 15) is 24.3 Å². The molecule has 0 radical (unpaired) electrons. The summed E-state index contributed by atoms with van der Waals surface area (Å²) in [5, 5.41) is 20.5. The number of halogens is 1. The third-order valence-corrected chi connectivity index (χ3v) is 5.26. The summed E-state index contributed by atoms with van der Waals surface area (Å²) in [6.07, 6.45) is -0.740. The van der Waals surface area contributed by atoms with Gasteiger partial charge in [0, 0.05) is 0 Å². The fraction of sp³-hybridized carbons (Fsp3) is 0.240. The predicted octanol–water partition coefficient (Wildman–Crippen LogP) is 4.27. The summed E-state index contributed by atoms with van der Waals surface area (Å²) >= 11 is 0. The molecule has 32 heavy (non-hydrogen) atoms. The summed E-state index contributed by atoms with van der Waals surface area (Å²) in [5.41, 5.74) is 0.839. The van der Waals surface area contributed by atoms with Crippen molar-refractivity contribution in [2.24, 2.45) is 0 Å². The van der Waals surface area contributed by atoms with Crippen molar-refractivity contribution >= 4 is 5.78 Å². The zero-order valence-corrected chi connectivity index (χ0v) is 18.1. The van der Waals surface area contributed by atoms with Gasteiger partial charge in [0.05, 0.1) is 12.1 Å². The molecule has 0 amide bonds. The number of hydrogen-bond donors (Lipinski definition) is 1. The number of nitriles is 1. The van der Waals surface area contributed by atoms with E-state index >= 15 is 0 Å². The minimum Gasteiger partial charge on any atom is -0.494 e. The predicted molar refractivity (Wildman–Crippen MR) is 118 cm³/mol. The first-order chi connectivity index (χ1) is 15.3. The van der Waals surface area contributed by atoms with Gasteiger partial charge in [-0.05, 0) is 55.7 Å². The van der Waals surface area contributed by atoms with Crippen LogP contribution in [-0.4, -0.2) is 21.6 Å². The van der Waals surface area contributed by atoms with Gasteiger partial charge >= 0.3 is 0 Å². The Hall–Kier alpha value is -3.92. The summed E-state index contributed by atoms with van der Waals surface area (Å²) in [6, 6.07) is 14.4. The van der Waals surface area contributed by atoms with E-state index in [1.807, 2.05) is 25.1 Å². The van der Waals surface area contributed by atoms with E-state index < -0.39 is 29.1 Å². The van der Waals surface area contributed by atoms with Gasteiger partial charge in [-0.15, -0.1) is 0 Å². The van der Waals surface area contributed by atoms with Crippen LogP contribution in [-0.2, 0) is 6.54 Å². The first-order valence-electron chi connectivity index (χ1n) is 10.1. The molecule has 0 aliphatic heterocycles. The van der Waals surface area contributed by atoms with Crippen LogP contribution in [0.1, 0.15) is 46.0 Å². The lowest BCUT2D eigenvalue weighted by molar-refractivity contribution is 0.0781. The van der Waals surface area contributed by atoms with E-state index in [4.69, 9.17) is 4.74 Å². The molecule has 1 heterocycles. The van der Waals surface area contributed by atoms with Crippen molar-refractivity contribution in [3.05, 3.63) is 92.5 Å². The first-order valence-corrected chi connectivity index (χ1v) is 10.1. The van der Waals surface area contributed by atoms with Crippen molar-refractivity contribution in [2.45, 2.75) is 39.8 Å². The van der Waals surface area contributed by atoms with Crippen LogP contribution in [0.4, 0.5) is 4.39 Å². The lowest BCUT2D eigenvalue weighted by Crippen LogP contribution is -2.32. The van der Waals surface area contributed by atoms with Gasteiger partial charge < -0.3 is 9.84 Å². The first kappa shape index (κ1) is 22.8. The maximum absolute atomic E-state index is 13.3. The molecule has 0 aliphatic rings. The van der Waals surface area contributed by atoms with Crippen LogP contribution in [0.5, 0.6) is 11.6 Å². The Bertz CT molecular complexity index is 1240. The van der Waals surface area contributed by atoms with Crippen LogP contribution in [0, 0.1) is 31.0 Å². The highest BCUT2D eigenvalue weighted by atomic mass is 19.1. The smallest absolute Gasteiger partial charge is 0.271 e. The largest absolute Gasteiger partial charge is 0.494 e. The number of benzene rings is 2. The van der Waals surface area contributed by atoms with Crippen molar-refractivity contribution in [1.29, 1.82) is 5.26 Å². The maximum atomic E-state index is 13.3. The van der Waals surface area contributed by atoms with E-state index in [0.717, 1.165) is 15.7 Å². The van der Waals surface area contributed by atoms with Crippen molar-refractivity contribution in [3.8, 4) is 17.7 Å². The third-order valence-electron chi connectivity index (χ3n) is 5.26. The van der Waals surface area contributed by atoms with Gasteiger partial charge in [0.15, 0.2) is 6.10 Å². The van der Waals surface area contributed by atoms with Gasteiger partial charge in [0.25, 0.3) is 5.56 Å². The average molecular weight is 434 g/mol. The van der Waals surface area contributed by atoms with Crippen LogP contribution < -0.4 is 10.3 Å². The molecule has 3 aromatic rings. The number of aromatic hydroxyl groups is 1. The molecule has 1 unspecified atom stereocenters. The molecule has 6 nitrogen and oxygen atoms in total. The summed E-state index contributed by atoms with van der Waals surface area (Å²) < 4.78 is 19.9. The monoisotopic (exact) mass is 434 g/mol. The molecule has 0 fully saturated rings. The zero-order valence-electron chi connectivity index (χ0n) is 18.1. The number of nitrogens with zero attached hydrogens (tertiary/aromatic N) is 2. The highest BCUT2D eigenvalue weighted by Crippen LogP contribution is 2.26. The second kappa shape index (κ2) is 9.48. The summed E-state index contributed by atoms with van der Waals surface area (Å²) in [5.74, 6) is -1.23. The molecule has 3 rings (SSSR count). The summed E-state index contributed by atoms with van der Waals surface area (Å²) in [6.45, 7) is 5.10. The zero-order chi connectivity index (χ0) is 23.4. The second-order valence-electron chi connectivity index (χ2n) is 7.52. The molecule has 1 atom stereocenters. The lowest BCUT2D eigenvalue weighted by Gasteiger charge is -2.20. The Balaban J connectivity index is 2.06. The molecule has 0 saturated heterocycles. The second-order valence-corrected chi connectivity index (χ2v) is 7.52. The molecule has 0 spiro atoms. The Labute approximate surface area is 185 Å². The van der Waals surface area contributed by atoms with Gasteiger partial charge in [0.2, 0.25) is 11.7 Å². The van der Waals surface area contributed by atoms with Gasteiger partial charge in [-0.3, -0.25) is 14.2 Å². The molecule has 0 saturated carbocycles. The van der Waals surface area contributed by atoms with Crippen LogP contribution >= 0.6 is 0 Å². The van der Waals surface area contributed by atoms with Crippen molar-refractivity contribution in [3.63, 3.8) is 0 Å². The van der Waals surface area contributed by atoms with Crippen molar-refractivity contribution in [2.75, 3.05) is 0 Å². The van der Waals surface area contributed by atoms with Gasteiger partial charge in [0.1, 0.15) is 23.2 Å². The molecule has 164 valence electrons. The van der Waals surface area contributed by atoms with Crippen LogP contribution in [0.25, 0.3) is 0 Å². The summed E-state index contributed by atoms with van der Waals surface area (Å²) in [4.78, 5) is 26.2. The number of ether oxygens (including phenoxy) is 1. The fourth-order valence-electron chi connectivity index (χ4n) is 3.43. The fourth-order valence-corrected chi connectivity index (χ4v) is 3.43. The van der Waals surface area contributed by atoms with Crippen molar-refractivity contribution in [1.82, 2.24) is 4.57 Å². The SMILES string of the molecule is CCC(Oc1ccc(F)cc1)C(=O)c1c(C)c(C#N)c(=O)n(Cc2ccc(C)cc2)c1O. The Kier molecular flexibility index (Phi) is 6.74. The van der Waals surface area contributed by atoms with E-state index in [0.29, 0.717) is 0 Å². The van der Waals surface area contributed by atoms with Gasteiger partial charge in [-0.25, -0.2) is 4.39 Å². The minimum absolute atomic E-state index is 0.00417. The quantitative estimate of drug-likeness (QED) is 0.561. The molecule has 0 aliphatic carbocycles. The van der Waals surface area contributed by atoms with Crippen LogP contribution in [0.3, 0.4) is 0 Å². The van der Waals surface area contributed by atoms with E-state index in [-0.39, 0.29) is 35.4 Å². The molecular weight excluding hydrogens is 411 g/mol. The Morgan fingerprint density at radius 2 is 1.78 bits per heavy atom. The number of aromatic nitrogens is 1. The highest BCUT2D eigenvalue weighted by Gasteiger charge is 2.29. The summed E-state index contributed by atoms with van der Waals surface area (Å²) in [7, 11) is 0. The Morgan fingerprint density at radius 3 is 2.34 bits per heavy atom. The molecule has 1 aromatic heterocycles. The highest BCUT2D eigenvalue weighted by molar-refractivity contribution is 6.03. The maximum Gasteiger partial charge on any atom is 0.271 e. The number of pyridine rings is 1. The number of ketones is 1. The molecule has 2 aromatic carbocycles. The van der Waals surface area contributed by atoms with Crippen LogP contribution in [0.2, 0.25) is 0 Å². The topological polar surface area (TPSA) is 92.3 Å². The van der Waals surface area contributed by atoms with Crippen LogP contribution in [0.15, 0.2) is 53.3 Å². The van der Waals surface area contributed by atoms with Crippen molar-refractivity contribution < 1.29 is 19.0 Å². The number of rotatable bonds is 7. The molecule has 1 N–H and O–H groups in total. The van der Waals surface area contributed by atoms with Gasteiger partial charge in [-0.2, -0.15) is 5.26 Å².